The van der Waals surface area contributed by atoms with Gasteiger partial charge in [-0.1, -0.05) is 0 Å². The number of nitrogens with two attached hydrogens (primary N) is 1. The number of aromatic nitrogens is 3. The van der Waals surface area contributed by atoms with Gasteiger partial charge in [0.15, 0.2) is 0 Å². The Kier molecular flexibility index (Phi) is 5.74. The molecule has 0 aliphatic heterocycles. The highest BCUT2D eigenvalue weighted by molar-refractivity contribution is 5.71. The molecule has 1 rings (SSSR count). The third-order valence-electron chi connectivity index (χ3n) is 2.05. The number of carbonyl (C=O) groups is 1. The van der Waals surface area contributed by atoms with Crippen LogP contribution in [0, 0.1) is 0 Å². The van der Waals surface area contributed by atoms with E-state index in [1.165, 1.54) is 0 Å². The van der Waals surface area contributed by atoms with Crippen LogP contribution in [0.4, 0.5) is 17.8 Å². The summed E-state index contributed by atoms with van der Waals surface area (Å²) < 4.78 is 0. The van der Waals surface area contributed by atoms with Gasteiger partial charge in [0.05, 0.1) is 0 Å². The van der Waals surface area contributed by atoms with Crippen LogP contribution in [-0.4, -0.2) is 51.5 Å². The fourth-order valence-electron chi connectivity index (χ4n) is 1.17. The summed E-state index contributed by atoms with van der Waals surface area (Å²) in [6, 6.07) is 0. The summed E-state index contributed by atoms with van der Waals surface area (Å²) in [5.74, 6) is 0.144. The molecule has 1 heterocycles. The van der Waals surface area contributed by atoms with Gasteiger partial charge in [0.25, 0.3) is 0 Å². The van der Waals surface area contributed by atoms with E-state index in [2.05, 4.69) is 20.3 Å². The first-order chi connectivity index (χ1) is 8.71. The van der Waals surface area contributed by atoms with Gasteiger partial charge in [-0.2, -0.15) is 15.0 Å². The Morgan fingerprint density at radius 3 is 2.67 bits per heavy atom. The first-order valence-corrected chi connectivity index (χ1v) is 5.40. The van der Waals surface area contributed by atoms with E-state index in [1.54, 1.807) is 0 Å². The number of carbonyl (C=O) groups excluding carboxylic acids is 1. The number of amides is 1. The summed E-state index contributed by atoms with van der Waals surface area (Å²) in [5, 5.41) is 20.4. The number of unbranched alkanes of at least 4 members (excludes halogenated alkanes) is 1. The molecular weight excluding hydrogens is 240 g/mol. The number of rotatable bonds is 8. The molecule has 0 radical (unpaired) electrons. The lowest BCUT2D eigenvalue weighted by Gasteiger charge is -2.13. The van der Waals surface area contributed by atoms with Crippen molar-refractivity contribution >= 4 is 24.3 Å². The number of nitrogens with zero attached hydrogens (tertiary/aromatic N) is 4. The predicted octanol–water partition coefficient (Wildman–Crippen LogP) is -1.45. The zero-order chi connectivity index (χ0) is 13.4. The minimum absolute atomic E-state index is 0.0235. The zero-order valence-corrected chi connectivity index (χ0v) is 9.78. The van der Waals surface area contributed by atoms with Gasteiger partial charge in [-0.25, -0.2) is 0 Å². The number of aliphatic hydroxyl groups is 2. The molecule has 1 aromatic heterocycles. The molecule has 0 aliphatic rings. The molecule has 0 fully saturated rings. The first kappa shape index (κ1) is 14.1. The summed E-state index contributed by atoms with van der Waals surface area (Å²) in [7, 11) is 0. The van der Waals surface area contributed by atoms with Gasteiger partial charge >= 0.3 is 0 Å². The molecule has 0 bridgehead atoms. The summed E-state index contributed by atoms with van der Waals surface area (Å²) >= 11 is 0. The summed E-state index contributed by atoms with van der Waals surface area (Å²) in [5.41, 5.74) is 5.47. The normalized spacial score (nSPS) is 10.1. The fraction of sp³-hybridized carbons (Fsp3) is 0.556. The number of hydrogen-bond donors (Lipinski definition) is 4. The van der Waals surface area contributed by atoms with Crippen molar-refractivity contribution in [1.82, 2.24) is 15.0 Å². The lowest BCUT2D eigenvalue weighted by molar-refractivity contribution is -0.108. The Hall–Kier alpha value is -2.00. The van der Waals surface area contributed by atoms with Crippen molar-refractivity contribution in [3.63, 3.8) is 0 Å². The molecule has 9 heteroatoms. The second-order valence-electron chi connectivity index (χ2n) is 3.39. The summed E-state index contributed by atoms with van der Waals surface area (Å²) in [6.45, 7) is 0.135. The van der Waals surface area contributed by atoms with Crippen molar-refractivity contribution in [3.05, 3.63) is 0 Å². The van der Waals surface area contributed by atoms with Gasteiger partial charge in [0.1, 0.15) is 6.73 Å². The van der Waals surface area contributed by atoms with Crippen molar-refractivity contribution in [2.24, 2.45) is 0 Å². The Morgan fingerprint density at radius 2 is 2.06 bits per heavy atom. The Bertz CT molecular complexity index is 389. The van der Waals surface area contributed by atoms with Crippen molar-refractivity contribution in [2.75, 3.05) is 35.8 Å². The SMILES string of the molecule is Nc1nc(NCCCCO)nc(N(C=O)CO)n1. The molecule has 0 unspecified atom stereocenters. The topological polar surface area (TPSA) is 137 Å². The van der Waals surface area contributed by atoms with Crippen LogP contribution < -0.4 is 16.0 Å². The maximum absolute atomic E-state index is 10.6. The second-order valence-corrected chi connectivity index (χ2v) is 3.39. The number of anilines is 3. The standard InChI is InChI=1S/C9H16N6O3/c10-7-12-8(11-3-1-2-4-16)14-9(13-7)15(5-17)6-18/h5,16,18H,1-4,6H2,(H3,10,11,12,13,14). The van der Waals surface area contributed by atoms with Gasteiger partial charge in [0.2, 0.25) is 24.3 Å². The molecule has 1 aromatic rings. The summed E-state index contributed by atoms with van der Waals surface area (Å²) in [4.78, 5) is 23.0. The lowest BCUT2D eigenvalue weighted by atomic mass is 10.3. The van der Waals surface area contributed by atoms with Crippen LogP contribution in [0.3, 0.4) is 0 Å². The maximum atomic E-state index is 10.6. The molecule has 0 aliphatic carbocycles. The average molecular weight is 256 g/mol. The quantitative estimate of drug-likeness (QED) is 0.252. The van der Waals surface area contributed by atoms with Gasteiger partial charge in [-0.15, -0.1) is 0 Å². The van der Waals surface area contributed by atoms with Crippen molar-refractivity contribution in [3.8, 4) is 0 Å². The smallest absolute Gasteiger partial charge is 0.240 e. The highest BCUT2D eigenvalue weighted by atomic mass is 16.3. The van der Waals surface area contributed by atoms with Crippen LogP contribution in [0.25, 0.3) is 0 Å². The van der Waals surface area contributed by atoms with E-state index in [0.29, 0.717) is 19.4 Å². The van der Waals surface area contributed by atoms with Crippen molar-refractivity contribution < 1.29 is 15.0 Å². The van der Waals surface area contributed by atoms with E-state index in [4.69, 9.17) is 15.9 Å². The van der Waals surface area contributed by atoms with Crippen LogP contribution >= 0.6 is 0 Å². The van der Waals surface area contributed by atoms with Crippen molar-refractivity contribution in [1.29, 1.82) is 0 Å². The number of nitrogen functional groups attached to an aromatic ring is 1. The minimum Gasteiger partial charge on any atom is -0.396 e. The second kappa shape index (κ2) is 7.35. The van der Waals surface area contributed by atoms with E-state index in [1.807, 2.05) is 0 Å². The zero-order valence-electron chi connectivity index (χ0n) is 9.78. The monoisotopic (exact) mass is 256 g/mol. The lowest BCUT2D eigenvalue weighted by Crippen LogP contribution is -2.25. The van der Waals surface area contributed by atoms with E-state index in [9.17, 15) is 4.79 Å². The fourth-order valence-corrected chi connectivity index (χ4v) is 1.17. The highest BCUT2D eigenvalue weighted by Gasteiger charge is 2.10. The molecule has 5 N–H and O–H groups in total. The van der Waals surface area contributed by atoms with Gasteiger partial charge in [0, 0.05) is 13.2 Å². The number of hydrogen-bond acceptors (Lipinski definition) is 8. The van der Waals surface area contributed by atoms with Gasteiger partial charge < -0.3 is 21.3 Å². The molecule has 9 nitrogen and oxygen atoms in total. The largest absolute Gasteiger partial charge is 0.396 e. The van der Waals surface area contributed by atoms with Crippen molar-refractivity contribution in [2.45, 2.75) is 12.8 Å². The van der Waals surface area contributed by atoms with Crippen LogP contribution in [-0.2, 0) is 4.79 Å². The summed E-state index contributed by atoms with van der Waals surface area (Å²) in [6.07, 6.45) is 1.80. The molecule has 0 atom stereocenters. The average Bonchev–Trinajstić information content (AvgIpc) is 2.36. The Balaban J connectivity index is 2.71. The molecule has 100 valence electrons. The molecular formula is C9H16N6O3. The first-order valence-electron chi connectivity index (χ1n) is 5.40. The molecule has 1 amide bonds. The van der Waals surface area contributed by atoms with E-state index >= 15 is 0 Å². The van der Waals surface area contributed by atoms with Crippen LogP contribution in [0.15, 0.2) is 0 Å². The van der Waals surface area contributed by atoms with E-state index in [0.717, 1.165) is 11.3 Å². The Morgan fingerprint density at radius 1 is 1.28 bits per heavy atom. The van der Waals surface area contributed by atoms with Gasteiger partial charge in [-0.05, 0) is 12.8 Å². The predicted molar refractivity (Wildman–Crippen MR) is 64.7 cm³/mol. The molecule has 0 saturated heterocycles. The molecule has 0 spiro atoms. The minimum atomic E-state index is -0.545. The van der Waals surface area contributed by atoms with Crippen LogP contribution in [0.5, 0.6) is 0 Å². The van der Waals surface area contributed by atoms with E-state index < -0.39 is 6.73 Å². The molecule has 18 heavy (non-hydrogen) atoms. The molecule has 0 aromatic carbocycles. The third-order valence-corrected chi connectivity index (χ3v) is 2.05. The highest BCUT2D eigenvalue weighted by Crippen LogP contribution is 2.10. The number of aliphatic hydroxyl groups excluding tert-OH is 2. The molecule has 0 saturated carbocycles. The van der Waals surface area contributed by atoms with Crippen LogP contribution in [0.1, 0.15) is 12.8 Å². The third kappa shape index (κ3) is 4.11. The Labute approximate surface area is 104 Å². The van der Waals surface area contributed by atoms with Gasteiger partial charge in [-0.3, -0.25) is 9.69 Å². The number of nitrogens with one attached hydrogen (secondary N) is 1. The van der Waals surface area contributed by atoms with E-state index in [-0.39, 0.29) is 24.5 Å². The maximum Gasteiger partial charge on any atom is 0.240 e. The van der Waals surface area contributed by atoms with Crippen LogP contribution in [0.2, 0.25) is 0 Å².